The number of quaternary nitrogens is 1. The number of unbranched alkanes of at least 4 members (excludes halogenated alkanes) is 20. The van der Waals surface area contributed by atoms with Gasteiger partial charge >= 0.3 is 5.97 Å². The van der Waals surface area contributed by atoms with Crippen molar-refractivity contribution in [1.29, 1.82) is 0 Å². The number of carbonyl (C=O) groups is 1. The van der Waals surface area contributed by atoms with E-state index >= 15 is 0 Å². The Bertz CT molecular complexity index is 1310. The van der Waals surface area contributed by atoms with E-state index in [4.69, 9.17) is 18.5 Å². The van der Waals surface area contributed by atoms with E-state index in [1.165, 1.54) is 103 Å². The minimum Gasteiger partial charge on any atom is -0.756 e. The van der Waals surface area contributed by atoms with Crippen LogP contribution in [0.3, 0.4) is 0 Å². The highest BCUT2D eigenvalue weighted by Crippen LogP contribution is 2.38. The van der Waals surface area contributed by atoms with Crippen LogP contribution in [0.1, 0.15) is 206 Å². The molecule has 0 aliphatic heterocycles. The first kappa shape index (κ1) is 62.7. The molecule has 0 aliphatic carbocycles. The van der Waals surface area contributed by atoms with E-state index in [0.29, 0.717) is 24.1 Å². The summed E-state index contributed by atoms with van der Waals surface area (Å²) in [7, 11) is 1.34. The molecule has 9 heteroatoms. The molecule has 0 aromatic heterocycles. The van der Waals surface area contributed by atoms with Crippen LogP contribution in [0.2, 0.25) is 0 Å². The molecule has 2 unspecified atom stereocenters. The van der Waals surface area contributed by atoms with Crippen molar-refractivity contribution < 1.29 is 37.3 Å². The van der Waals surface area contributed by atoms with Crippen molar-refractivity contribution in [2.24, 2.45) is 0 Å². The summed E-state index contributed by atoms with van der Waals surface area (Å²) in [6, 6.07) is 0. The maximum absolute atomic E-state index is 12.8. The van der Waals surface area contributed by atoms with Gasteiger partial charge in [-0.05, 0) is 89.9 Å². The van der Waals surface area contributed by atoms with Gasteiger partial charge in [0.1, 0.15) is 19.3 Å². The highest BCUT2D eigenvalue weighted by Gasteiger charge is 2.20. The molecular weight excluding hydrogens is 830 g/mol. The first-order valence-corrected chi connectivity index (χ1v) is 27.8. The minimum atomic E-state index is -4.54. The topological polar surface area (TPSA) is 94.1 Å². The summed E-state index contributed by atoms with van der Waals surface area (Å²) >= 11 is 0. The van der Waals surface area contributed by atoms with E-state index in [1.54, 1.807) is 0 Å². The second kappa shape index (κ2) is 48.1. The monoisotopic (exact) mass is 930 g/mol. The van der Waals surface area contributed by atoms with Crippen molar-refractivity contribution in [2.75, 3.05) is 54.1 Å². The fourth-order valence-corrected chi connectivity index (χ4v) is 7.63. The first-order chi connectivity index (χ1) is 31.6. The van der Waals surface area contributed by atoms with Gasteiger partial charge in [0.05, 0.1) is 34.4 Å². The maximum atomic E-state index is 12.8. The molecule has 0 fully saturated rings. The predicted octanol–water partition coefficient (Wildman–Crippen LogP) is 15.8. The molecule has 0 N–H and O–H groups in total. The molecule has 0 aliphatic rings. The second-order valence-electron chi connectivity index (χ2n) is 18.5. The predicted molar refractivity (Wildman–Crippen MR) is 277 cm³/mol. The molecule has 0 saturated heterocycles. The quantitative estimate of drug-likeness (QED) is 0.0197. The summed E-state index contributed by atoms with van der Waals surface area (Å²) in [5.74, 6) is -0.348. The molecule has 0 amide bonds. The van der Waals surface area contributed by atoms with Crippen LogP contribution in [0, 0.1) is 0 Å². The fourth-order valence-electron chi connectivity index (χ4n) is 6.90. The van der Waals surface area contributed by atoms with Gasteiger partial charge < -0.3 is 27.9 Å². The Morgan fingerprint density at radius 1 is 0.492 bits per heavy atom. The zero-order valence-corrected chi connectivity index (χ0v) is 43.6. The Balaban J connectivity index is 4.18. The van der Waals surface area contributed by atoms with Gasteiger partial charge in [0.15, 0.2) is 0 Å². The molecular formula is C56H100NO7P. The number of esters is 1. The third-order valence-corrected chi connectivity index (χ3v) is 11.9. The first-order valence-electron chi connectivity index (χ1n) is 26.3. The highest BCUT2D eigenvalue weighted by molar-refractivity contribution is 7.45. The number of phosphoric acid groups is 1. The third-order valence-electron chi connectivity index (χ3n) is 10.9. The average Bonchev–Trinajstić information content (AvgIpc) is 3.27. The van der Waals surface area contributed by atoms with Crippen molar-refractivity contribution >= 4 is 13.8 Å². The van der Waals surface area contributed by atoms with Crippen molar-refractivity contribution in [2.45, 2.75) is 213 Å². The molecule has 0 bridgehead atoms. The van der Waals surface area contributed by atoms with E-state index in [1.807, 2.05) is 21.1 Å². The number of rotatable bonds is 48. The van der Waals surface area contributed by atoms with Gasteiger partial charge in [0, 0.05) is 13.0 Å². The van der Waals surface area contributed by atoms with Crippen LogP contribution < -0.4 is 4.89 Å². The molecule has 0 saturated carbocycles. The van der Waals surface area contributed by atoms with E-state index in [9.17, 15) is 14.3 Å². The molecule has 376 valence electrons. The van der Waals surface area contributed by atoms with Crippen LogP contribution in [0.15, 0.2) is 85.1 Å². The van der Waals surface area contributed by atoms with E-state index in [2.05, 4.69) is 98.9 Å². The molecule has 0 rings (SSSR count). The third kappa shape index (κ3) is 52.5. The lowest BCUT2D eigenvalue weighted by Gasteiger charge is -2.28. The van der Waals surface area contributed by atoms with E-state index in [-0.39, 0.29) is 25.8 Å². The fraction of sp³-hybridized carbons (Fsp3) is 0.732. The number of allylic oxidation sites excluding steroid dienone is 14. The molecule has 2 atom stereocenters. The molecule has 0 aromatic carbocycles. The van der Waals surface area contributed by atoms with Crippen LogP contribution >= 0.6 is 7.82 Å². The van der Waals surface area contributed by atoms with Crippen molar-refractivity contribution in [3.63, 3.8) is 0 Å². The zero-order chi connectivity index (χ0) is 47.6. The van der Waals surface area contributed by atoms with Crippen molar-refractivity contribution in [3.05, 3.63) is 85.1 Å². The second-order valence-corrected chi connectivity index (χ2v) is 19.9. The molecule has 65 heavy (non-hydrogen) atoms. The van der Waals surface area contributed by atoms with Gasteiger partial charge in [0.25, 0.3) is 7.82 Å². The van der Waals surface area contributed by atoms with Crippen molar-refractivity contribution in [1.82, 2.24) is 0 Å². The Kier molecular flexibility index (Phi) is 46.4. The van der Waals surface area contributed by atoms with Gasteiger partial charge in [-0.2, -0.15) is 0 Å². The number of hydrogen-bond acceptors (Lipinski definition) is 7. The van der Waals surface area contributed by atoms with Crippen LogP contribution in [-0.4, -0.2) is 70.7 Å². The number of nitrogens with zero attached hydrogens (tertiary/aromatic N) is 1. The highest BCUT2D eigenvalue weighted by atomic mass is 31.2. The molecule has 0 spiro atoms. The SMILES string of the molecule is CC/C=C\C/C=C\C/C=C\C/C=C\C/C=C\CCCCCCCCCC(=O)OC(COCCCCCCCCCCCC/C=C\C/C=C\CCCCC)COP(=O)([O-])OCC[N+](C)(C)C. The van der Waals surface area contributed by atoms with Gasteiger partial charge in [-0.25, -0.2) is 0 Å². The largest absolute Gasteiger partial charge is 0.756 e. The Hall–Kier alpha value is -2.32. The van der Waals surface area contributed by atoms with Crippen LogP contribution in [-0.2, 0) is 27.9 Å². The van der Waals surface area contributed by atoms with Gasteiger partial charge in [0.2, 0.25) is 0 Å². The lowest BCUT2D eigenvalue weighted by atomic mass is 10.1. The Morgan fingerprint density at radius 3 is 1.34 bits per heavy atom. The number of hydrogen-bond donors (Lipinski definition) is 0. The number of ether oxygens (including phenoxy) is 2. The maximum Gasteiger partial charge on any atom is 0.306 e. The zero-order valence-electron chi connectivity index (χ0n) is 42.7. The van der Waals surface area contributed by atoms with Crippen molar-refractivity contribution in [3.8, 4) is 0 Å². The summed E-state index contributed by atoms with van der Waals surface area (Å²) in [6.45, 7) is 5.25. The standard InChI is InChI=1S/C56H100NO7P/c1-6-8-10-12-14-16-18-20-22-24-26-28-29-30-31-33-35-37-39-41-43-45-47-49-56(58)64-55(54-63-65(59,60)62-52-50-57(3,4)5)53-61-51-48-46-44-42-40-38-36-34-32-27-25-23-21-19-17-15-13-11-9-7-2/h8,10,14-17,20-23,26,28,30-31,55H,6-7,9,11-13,18-19,24-25,27,29,32-54H2,1-5H3/b10-8-,16-14-,17-15-,22-20-,23-21-,28-26-,31-30-. The van der Waals surface area contributed by atoms with Gasteiger partial charge in [-0.15, -0.1) is 0 Å². The average molecular weight is 930 g/mol. The van der Waals surface area contributed by atoms with E-state index < -0.39 is 13.9 Å². The lowest BCUT2D eigenvalue weighted by Crippen LogP contribution is -2.37. The molecule has 8 nitrogen and oxygen atoms in total. The van der Waals surface area contributed by atoms with Gasteiger partial charge in [-0.3, -0.25) is 9.36 Å². The number of carbonyl (C=O) groups excluding carboxylic acids is 1. The van der Waals surface area contributed by atoms with E-state index in [0.717, 1.165) is 83.5 Å². The molecule has 0 aromatic rings. The van der Waals surface area contributed by atoms with Crippen LogP contribution in [0.25, 0.3) is 0 Å². The summed E-state index contributed by atoms with van der Waals surface area (Å²) < 4.78 is 34.8. The van der Waals surface area contributed by atoms with Gasteiger partial charge in [-0.1, -0.05) is 195 Å². The number of phosphoric ester groups is 1. The van der Waals surface area contributed by atoms with Crippen LogP contribution in [0.5, 0.6) is 0 Å². The van der Waals surface area contributed by atoms with Crippen LogP contribution in [0.4, 0.5) is 0 Å². The summed E-state index contributed by atoms with van der Waals surface area (Å²) in [6.07, 6.45) is 64.6. The lowest BCUT2D eigenvalue weighted by molar-refractivity contribution is -0.870. The summed E-state index contributed by atoms with van der Waals surface area (Å²) in [4.78, 5) is 25.2. The Morgan fingerprint density at radius 2 is 0.892 bits per heavy atom. The Labute approximate surface area is 401 Å². The normalized spacial score (nSPS) is 14.2. The minimum absolute atomic E-state index is 0.0190. The summed E-state index contributed by atoms with van der Waals surface area (Å²) in [5.41, 5.74) is 0. The smallest absolute Gasteiger partial charge is 0.306 e. The number of likely N-dealkylation sites (N-methyl/N-ethyl adjacent to an activating group) is 1. The molecule has 0 radical (unpaired) electrons. The summed E-state index contributed by atoms with van der Waals surface area (Å²) in [5, 5.41) is 0. The molecule has 0 heterocycles.